The zero-order valence-corrected chi connectivity index (χ0v) is 10.5. The van der Waals surface area contributed by atoms with Gasteiger partial charge in [-0.25, -0.2) is 0 Å². The van der Waals surface area contributed by atoms with Gasteiger partial charge in [0.1, 0.15) is 5.75 Å². The van der Waals surface area contributed by atoms with Gasteiger partial charge in [0.05, 0.1) is 12.2 Å². The third-order valence-corrected chi connectivity index (χ3v) is 2.18. The summed E-state index contributed by atoms with van der Waals surface area (Å²) in [4.78, 5) is 1.96. The molecule has 1 rings (SSSR count). The predicted octanol–water partition coefficient (Wildman–Crippen LogP) is 2.07. The molecule has 90 valence electrons. The lowest BCUT2D eigenvalue weighted by Gasteiger charge is -2.20. The normalized spacial score (nSPS) is 13.2. The van der Waals surface area contributed by atoms with E-state index in [2.05, 4.69) is 0 Å². The highest BCUT2D eigenvalue weighted by Gasteiger charge is 2.14. The van der Waals surface area contributed by atoms with Crippen LogP contribution in [0.2, 0.25) is 0 Å². The molecular weight excluding hydrogens is 202 g/mol. The summed E-state index contributed by atoms with van der Waals surface area (Å²) in [5.41, 5.74) is 0.852. The summed E-state index contributed by atoms with van der Waals surface area (Å²) in [7, 11) is 3.88. The van der Waals surface area contributed by atoms with Crippen molar-refractivity contribution in [3.63, 3.8) is 0 Å². The molecule has 16 heavy (non-hydrogen) atoms. The number of rotatable bonds is 5. The number of nitrogens with zero attached hydrogens (tertiary/aromatic N) is 1. The van der Waals surface area contributed by atoms with E-state index in [4.69, 9.17) is 4.74 Å². The fraction of sp³-hybridized carbons (Fsp3) is 0.538. The number of hydrogen-bond acceptors (Lipinski definition) is 3. The molecule has 0 saturated heterocycles. The first-order valence-electron chi connectivity index (χ1n) is 5.59. The molecule has 0 aliphatic carbocycles. The van der Waals surface area contributed by atoms with Crippen LogP contribution in [-0.4, -0.2) is 36.8 Å². The first kappa shape index (κ1) is 13.0. The summed E-state index contributed by atoms with van der Waals surface area (Å²) in [5, 5.41) is 10.1. The van der Waals surface area contributed by atoms with Gasteiger partial charge in [-0.2, -0.15) is 0 Å². The summed E-state index contributed by atoms with van der Waals surface area (Å²) in [6.45, 7) is 4.56. The highest BCUT2D eigenvalue weighted by atomic mass is 16.5. The third kappa shape index (κ3) is 3.83. The van der Waals surface area contributed by atoms with E-state index in [0.717, 1.165) is 11.3 Å². The summed E-state index contributed by atoms with van der Waals surface area (Å²) >= 11 is 0. The van der Waals surface area contributed by atoms with E-state index >= 15 is 0 Å². The molecule has 0 heterocycles. The highest BCUT2D eigenvalue weighted by molar-refractivity contribution is 5.35. The van der Waals surface area contributed by atoms with E-state index in [0.29, 0.717) is 6.54 Å². The van der Waals surface area contributed by atoms with Crippen molar-refractivity contribution in [2.75, 3.05) is 20.6 Å². The second kappa shape index (κ2) is 5.87. The van der Waals surface area contributed by atoms with Crippen molar-refractivity contribution in [3.8, 4) is 5.75 Å². The van der Waals surface area contributed by atoms with Gasteiger partial charge in [0, 0.05) is 12.1 Å². The zero-order chi connectivity index (χ0) is 12.1. The topological polar surface area (TPSA) is 32.7 Å². The number of ether oxygens (including phenoxy) is 1. The van der Waals surface area contributed by atoms with Crippen LogP contribution in [0.5, 0.6) is 5.75 Å². The highest BCUT2D eigenvalue weighted by Crippen LogP contribution is 2.26. The summed E-state index contributed by atoms with van der Waals surface area (Å²) in [5.74, 6) is 0.770. The van der Waals surface area contributed by atoms with E-state index < -0.39 is 6.10 Å². The van der Waals surface area contributed by atoms with Crippen LogP contribution < -0.4 is 4.74 Å². The number of aliphatic hydroxyl groups excluding tert-OH is 1. The van der Waals surface area contributed by atoms with Crippen LogP contribution in [-0.2, 0) is 0 Å². The van der Waals surface area contributed by atoms with Gasteiger partial charge in [-0.15, -0.1) is 0 Å². The maximum absolute atomic E-state index is 10.1. The minimum Gasteiger partial charge on any atom is -0.491 e. The average Bonchev–Trinajstić information content (AvgIpc) is 2.16. The van der Waals surface area contributed by atoms with Crippen molar-refractivity contribution < 1.29 is 9.84 Å². The Bertz CT molecular complexity index is 323. The molecule has 0 bridgehead atoms. The Balaban J connectivity index is 2.85. The molecule has 3 heteroatoms. The quantitative estimate of drug-likeness (QED) is 0.829. The van der Waals surface area contributed by atoms with Crippen molar-refractivity contribution in [1.82, 2.24) is 4.90 Å². The monoisotopic (exact) mass is 223 g/mol. The zero-order valence-electron chi connectivity index (χ0n) is 10.5. The second-order valence-corrected chi connectivity index (χ2v) is 4.48. The Morgan fingerprint density at radius 2 is 1.88 bits per heavy atom. The molecule has 1 unspecified atom stereocenters. The van der Waals surface area contributed by atoms with Gasteiger partial charge >= 0.3 is 0 Å². The molecule has 0 aliphatic heterocycles. The Morgan fingerprint density at radius 3 is 2.44 bits per heavy atom. The van der Waals surface area contributed by atoms with Gasteiger partial charge < -0.3 is 14.7 Å². The summed E-state index contributed by atoms with van der Waals surface area (Å²) in [6.07, 6.45) is -0.391. The van der Waals surface area contributed by atoms with Crippen LogP contribution in [0, 0.1) is 0 Å². The van der Waals surface area contributed by atoms with E-state index in [-0.39, 0.29) is 6.10 Å². The minimum absolute atomic E-state index is 0.118. The van der Waals surface area contributed by atoms with Crippen molar-refractivity contribution in [2.45, 2.75) is 26.1 Å². The van der Waals surface area contributed by atoms with E-state index in [9.17, 15) is 5.11 Å². The standard InChI is InChI=1S/C13H21NO2/c1-10(2)16-13-8-6-5-7-11(13)12(15)9-14(3)4/h5-8,10,12,15H,9H2,1-4H3. The molecule has 0 radical (unpaired) electrons. The Kier molecular flexibility index (Phi) is 4.77. The summed E-state index contributed by atoms with van der Waals surface area (Å²) in [6, 6.07) is 7.64. The van der Waals surface area contributed by atoms with Crippen LogP contribution in [0.15, 0.2) is 24.3 Å². The molecule has 1 N–H and O–H groups in total. The SMILES string of the molecule is CC(C)Oc1ccccc1C(O)CN(C)C. The molecule has 0 aromatic heterocycles. The largest absolute Gasteiger partial charge is 0.491 e. The van der Waals surface area contributed by atoms with Gasteiger partial charge in [-0.3, -0.25) is 0 Å². The van der Waals surface area contributed by atoms with E-state index in [1.54, 1.807) is 0 Å². The smallest absolute Gasteiger partial charge is 0.125 e. The minimum atomic E-state index is -0.509. The van der Waals surface area contributed by atoms with Crippen LogP contribution in [0.25, 0.3) is 0 Å². The molecule has 0 fully saturated rings. The molecule has 1 atom stereocenters. The number of hydrogen-bond donors (Lipinski definition) is 1. The van der Waals surface area contributed by atoms with Gasteiger partial charge in [-0.05, 0) is 34.0 Å². The van der Waals surface area contributed by atoms with Crippen molar-refractivity contribution >= 4 is 0 Å². The Labute approximate surface area is 97.7 Å². The van der Waals surface area contributed by atoms with Gasteiger partial charge in [0.2, 0.25) is 0 Å². The Morgan fingerprint density at radius 1 is 1.25 bits per heavy atom. The fourth-order valence-corrected chi connectivity index (χ4v) is 1.56. The number of para-hydroxylation sites is 1. The molecule has 0 spiro atoms. The fourth-order valence-electron chi connectivity index (χ4n) is 1.56. The van der Waals surface area contributed by atoms with Crippen LogP contribution in [0.3, 0.4) is 0 Å². The van der Waals surface area contributed by atoms with Gasteiger partial charge in [0.15, 0.2) is 0 Å². The van der Waals surface area contributed by atoms with Crippen LogP contribution in [0.4, 0.5) is 0 Å². The van der Waals surface area contributed by atoms with E-state index in [1.807, 2.05) is 57.1 Å². The average molecular weight is 223 g/mol. The van der Waals surface area contributed by atoms with E-state index in [1.165, 1.54) is 0 Å². The molecule has 0 saturated carbocycles. The lowest BCUT2D eigenvalue weighted by atomic mass is 10.1. The van der Waals surface area contributed by atoms with Crippen LogP contribution >= 0.6 is 0 Å². The second-order valence-electron chi connectivity index (χ2n) is 4.48. The molecule has 0 amide bonds. The molecule has 0 aliphatic rings. The lowest BCUT2D eigenvalue weighted by Crippen LogP contribution is -2.21. The number of aliphatic hydroxyl groups is 1. The molecular formula is C13H21NO2. The molecule has 1 aromatic carbocycles. The summed E-state index contributed by atoms with van der Waals surface area (Å²) < 4.78 is 5.67. The van der Waals surface area contributed by atoms with Gasteiger partial charge in [-0.1, -0.05) is 18.2 Å². The lowest BCUT2D eigenvalue weighted by molar-refractivity contribution is 0.131. The Hall–Kier alpha value is -1.06. The maximum Gasteiger partial charge on any atom is 0.125 e. The van der Waals surface area contributed by atoms with Crippen molar-refractivity contribution in [2.24, 2.45) is 0 Å². The molecule has 3 nitrogen and oxygen atoms in total. The maximum atomic E-state index is 10.1. The van der Waals surface area contributed by atoms with Crippen LogP contribution in [0.1, 0.15) is 25.5 Å². The van der Waals surface area contributed by atoms with Gasteiger partial charge in [0.25, 0.3) is 0 Å². The van der Waals surface area contributed by atoms with Crippen molar-refractivity contribution in [3.05, 3.63) is 29.8 Å². The predicted molar refractivity (Wildman–Crippen MR) is 65.7 cm³/mol. The first-order chi connectivity index (χ1) is 7.50. The molecule has 1 aromatic rings. The number of likely N-dealkylation sites (N-methyl/N-ethyl adjacent to an activating group) is 1. The van der Waals surface area contributed by atoms with Crippen molar-refractivity contribution in [1.29, 1.82) is 0 Å². The first-order valence-corrected chi connectivity index (χ1v) is 5.59. The number of benzene rings is 1. The third-order valence-electron chi connectivity index (χ3n) is 2.18.